The number of carbonyl (C=O) groups excluding carboxylic acids is 2. The van der Waals surface area contributed by atoms with E-state index >= 15 is 0 Å². The maximum absolute atomic E-state index is 13.1. The second-order valence-corrected chi connectivity index (χ2v) is 9.69. The molecule has 0 atom stereocenters. The molecule has 1 aromatic carbocycles. The summed E-state index contributed by atoms with van der Waals surface area (Å²) in [5.41, 5.74) is 3.53. The zero-order valence-corrected chi connectivity index (χ0v) is 19.6. The van der Waals surface area contributed by atoms with Crippen molar-refractivity contribution in [2.75, 3.05) is 26.2 Å². The average molecular weight is 495 g/mol. The van der Waals surface area contributed by atoms with Crippen molar-refractivity contribution < 1.29 is 9.59 Å². The Labute approximate surface area is 196 Å². The van der Waals surface area contributed by atoms with Gasteiger partial charge in [0.25, 0.3) is 11.8 Å². The predicted molar refractivity (Wildman–Crippen MR) is 127 cm³/mol. The molecular formula is C25H27BrN4O2. The minimum absolute atomic E-state index is 0.0896. The molecule has 2 aliphatic rings. The van der Waals surface area contributed by atoms with Crippen LogP contribution in [0.5, 0.6) is 0 Å². The Morgan fingerprint density at radius 2 is 1.56 bits per heavy atom. The van der Waals surface area contributed by atoms with Crippen LogP contribution in [0.1, 0.15) is 64.3 Å². The molecule has 0 aliphatic carbocycles. The van der Waals surface area contributed by atoms with Crippen LogP contribution in [0.3, 0.4) is 0 Å². The zero-order chi connectivity index (χ0) is 22.1. The molecule has 2 aromatic heterocycles. The van der Waals surface area contributed by atoms with Gasteiger partial charge in [-0.2, -0.15) is 5.10 Å². The number of rotatable bonds is 3. The number of benzene rings is 1. The normalized spacial score (nSPS) is 17.7. The van der Waals surface area contributed by atoms with E-state index in [1.807, 2.05) is 40.3 Å². The Balaban J connectivity index is 1.30. The van der Waals surface area contributed by atoms with Crippen molar-refractivity contribution in [2.45, 2.75) is 38.0 Å². The number of piperidine rings is 2. The van der Waals surface area contributed by atoms with E-state index in [0.717, 1.165) is 67.4 Å². The first-order chi connectivity index (χ1) is 15.6. The molecule has 4 heterocycles. The van der Waals surface area contributed by atoms with E-state index in [2.05, 4.69) is 33.2 Å². The molecule has 32 heavy (non-hydrogen) atoms. The van der Waals surface area contributed by atoms with Crippen LogP contribution in [0.2, 0.25) is 0 Å². The lowest BCUT2D eigenvalue weighted by atomic mass is 9.89. The van der Waals surface area contributed by atoms with Crippen molar-refractivity contribution in [3.8, 4) is 0 Å². The Hall–Kier alpha value is -2.67. The highest BCUT2D eigenvalue weighted by molar-refractivity contribution is 9.10. The van der Waals surface area contributed by atoms with Crippen LogP contribution in [0, 0.1) is 0 Å². The van der Waals surface area contributed by atoms with Crippen LogP contribution in [0.4, 0.5) is 0 Å². The fourth-order valence-corrected chi connectivity index (χ4v) is 5.14. The molecule has 5 rings (SSSR count). The summed E-state index contributed by atoms with van der Waals surface area (Å²) in [5, 5.41) is 4.41. The number of aromatic nitrogens is 2. The third-order valence-corrected chi connectivity index (χ3v) is 7.29. The summed E-state index contributed by atoms with van der Waals surface area (Å²) in [6.07, 6.45) is 8.85. The largest absolute Gasteiger partial charge is 0.339 e. The average Bonchev–Trinajstić information content (AvgIpc) is 3.27. The second kappa shape index (κ2) is 9.06. The first-order valence-electron chi connectivity index (χ1n) is 11.4. The van der Waals surface area contributed by atoms with Crippen molar-refractivity contribution in [3.63, 3.8) is 0 Å². The van der Waals surface area contributed by atoms with E-state index in [9.17, 15) is 9.59 Å². The molecule has 2 aliphatic heterocycles. The molecule has 3 aromatic rings. The van der Waals surface area contributed by atoms with Crippen LogP contribution < -0.4 is 0 Å². The number of fused-ring (bicyclic) bond motifs is 1. The molecule has 6 nitrogen and oxygen atoms in total. The maximum Gasteiger partial charge on any atom is 0.257 e. The van der Waals surface area contributed by atoms with Crippen LogP contribution in [0.15, 0.2) is 53.3 Å². The molecule has 0 radical (unpaired) electrons. The summed E-state index contributed by atoms with van der Waals surface area (Å²) in [6.45, 7) is 3.15. The van der Waals surface area contributed by atoms with Gasteiger partial charge in [0, 0.05) is 42.4 Å². The van der Waals surface area contributed by atoms with Crippen LogP contribution >= 0.6 is 15.9 Å². The molecule has 166 valence electrons. The Bertz CT molecular complexity index is 1130. The highest BCUT2D eigenvalue weighted by atomic mass is 79.9. The van der Waals surface area contributed by atoms with Gasteiger partial charge in [0.1, 0.15) is 0 Å². The zero-order valence-electron chi connectivity index (χ0n) is 18.0. The number of halogens is 1. The van der Waals surface area contributed by atoms with Crippen molar-refractivity contribution in [1.29, 1.82) is 0 Å². The number of pyridine rings is 1. The van der Waals surface area contributed by atoms with Gasteiger partial charge in [-0.25, -0.2) is 4.52 Å². The lowest BCUT2D eigenvalue weighted by Crippen LogP contribution is -2.37. The van der Waals surface area contributed by atoms with Gasteiger partial charge >= 0.3 is 0 Å². The predicted octanol–water partition coefficient (Wildman–Crippen LogP) is 4.74. The molecular weight excluding hydrogens is 468 g/mol. The Morgan fingerprint density at radius 3 is 2.28 bits per heavy atom. The van der Waals surface area contributed by atoms with Gasteiger partial charge in [0.15, 0.2) is 0 Å². The summed E-state index contributed by atoms with van der Waals surface area (Å²) in [7, 11) is 0. The maximum atomic E-state index is 13.1. The number of hydrogen-bond acceptors (Lipinski definition) is 3. The van der Waals surface area contributed by atoms with Crippen molar-refractivity contribution in [1.82, 2.24) is 19.4 Å². The van der Waals surface area contributed by atoms with Crippen LogP contribution in [-0.4, -0.2) is 57.4 Å². The Morgan fingerprint density at radius 1 is 0.875 bits per heavy atom. The molecule has 0 N–H and O–H groups in total. The molecule has 7 heteroatoms. The number of amides is 2. The van der Waals surface area contributed by atoms with Crippen molar-refractivity contribution >= 4 is 33.3 Å². The molecule has 2 fully saturated rings. The fourth-order valence-electron chi connectivity index (χ4n) is 4.87. The number of carbonyl (C=O) groups is 2. The molecule has 0 spiro atoms. The summed E-state index contributed by atoms with van der Waals surface area (Å²) in [5.74, 6) is 0.560. The van der Waals surface area contributed by atoms with Crippen LogP contribution in [0.25, 0.3) is 5.52 Å². The molecule has 0 saturated carbocycles. The van der Waals surface area contributed by atoms with E-state index in [1.165, 1.54) is 12.0 Å². The topological polar surface area (TPSA) is 57.9 Å². The summed E-state index contributed by atoms with van der Waals surface area (Å²) in [4.78, 5) is 29.8. The smallest absolute Gasteiger partial charge is 0.257 e. The van der Waals surface area contributed by atoms with Crippen molar-refractivity contribution in [3.05, 3.63) is 70.0 Å². The van der Waals surface area contributed by atoms with Crippen molar-refractivity contribution in [2.24, 2.45) is 0 Å². The van der Waals surface area contributed by atoms with Gasteiger partial charge in [-0.3, -0.25) is 9.59 Å². The molecule has 0 bridgehead atoms. The van der Waals surface area contributed by atoms with E-state index in [4.69, 9.17) is 0 Å². The second-order valence-electron chi connectivity index (χ2n) is 8.77. The summed E-state index contributed by atoms with van der Waals surface area (Å²) in [6, 6.07) is 11.8. The van der Waals surface area contributed by atoms with E-state index in [-0.39, 0.29) is 11.8 Å². The van der Waals surface area contributed by atoms with Gasteiger partial charge in [0.2, 0.25) is 0 Å². The lowest BCUT2D eigenvalue weighted by molar-refractivity contribution is 0.0709. The van der Waals surface area contributed by atoms with Crippen LogP contribution in [-0.2, 0) is 0 Å². The van der Waals surface area contributed by atoms with E-state index in [1.54, 1.807) is 10.7 Å². The summed E-state index contributed by atoms with van der Waals surface area (Å²) >= 11 is 3.42. The minimum Gasteiger partial charge on any atom is -0.339 e. The van der Waals surface area contributed by atoms with Gasteiger partial charge in [-0.05, 0) is 80.0 Å². The quantitative estimate of drug-likeness (QED) is 0.528. The first kappa shape index (κ1) is 21.2. The minimum atomic E-state index is 0.0896. The SMILES string of the molecule is O=C(c1ccc(Br)cc1)N1CCC(c2ccn3ncc(C(=O)N4CCCCC4)c3c2)CC1. The number of nitrogens with zero attached hydrogens (tertiary/aromatic N) is 4. The van der Waals surface area contributed by atoms with Gasteiger partial charge in [0.05, 0.1) is 17.3 Å². The van der Waals surface area contributed by atoms with E-state index in [0.29, 0.717) is 11.5 Å². The highest BCUT2D eigenvalue weighted by Gasteiger charge is 2.26. The fraction of sp³-hybridized carbons (Fsp3) is 0.400. The highest BCUT2D eigenvalue weighted by Crippen LogP contribution is 2.30. The van der Waals surface area contributed by atoms with Gasteiger partial charge in [-0.1, -0.05) is 15.9 Å². The molecule has 2 amide bonds. The monoisotopic (exact) mass is 494 g/mol. The Kier molecular flexibility index (Phi) is 6.00. The summed E-state index contributed by atoms with van der Waals surface area (Å²) < 4.78 is 2.77. The number of likely N-dealkylation sites (tertiary alicyclic amines) is 2. The van der Waals surface area contributed by atoms with E-state index < -0.39 is 0 Å². The van der Waals surface area contributed by atoms with Gasteiger partial charge in [-0.15, -0.1) is 0 Å². The third kappa shape index (κ3) is 4.18. The standard InChI is InChI=1S/C25H27BrN4O2/c26-21-6-4-19(5-7-21)24(31)29-13-8-18(9-14-29)20-10-15-30-23(16-20)22(17-27-30)25(32)28-11-2-1-3-12-28/h4-7,10,15-18H,1-3,8-9,11-14H2. The first-order valence-corrected chi connectivity index (χ1v) is 12.2. The molecule has 2 saturated heterocycles. The third-order valence-electron chi connectivity index (χ3n) is 6.76. The van der Waals surface area contributed by atoms with Gasteiger partial charge < -0.3 is 9.80 Å². The number of hydrogen-bond donors (Lipinski definition) is 0. The molecule has 0 unspecified atom stereocenters. The lowest BCUT2D eigenvalue weighted by Gasteiger charge is -2.32.